The molecule has 2 aromatic rings. The third-order valence-corrected chi connectivity index (χ3v) is 3.77. The molecule has 0 radical (unpaired) electrons. The van der Waals surface area contributed by atoms with E-state index in [0.29, 0.717) is 25.9 Å². The maximum absolute atomic E-state index is 12.1. The Morgan fingerprint density at radius 3 is 1.40 bits per heavy atom. The molecule has 0 amide bonds. The summed E-state index contributed by atoms with van der Waals surface area (Å²) in [6.45, 7) is 8.92. The third kappa shape index (κ3) is 2.37. The fourth-order valence-corrected chi connectivity index (χ4v) is 2.57. The maximum atomic E-state index is 12.1. The smallest absolute Gasteiger partial charge is 0.269 e. The molecular weight excluding hydrogens is 256 g/mol. The predicted molar refractivity (Wildman–Crippen MR) is 78.3 cm³/mol. The zero-order chi connectivity index (χ0) is 14.9. The number of nitrogens with zero attached hydrogens (tertiary/aromatic N) is 2. The Morgan fingerprint density at radius 1 is 0.800 bits per heavy atom. The predicted octanol–water partition coefficient (Wildman–Crippen LogP) is 1.11. The van der Waals surface area contributed by atoms with Crippen molar-refractivity contribution in [1.82, 2.24) is 19.6 Å². The summed E-state index contributed by atoms with van der Waals surface area (Å²) in [5.74, 6) is 0. The summed E-state index contributed by atoms with van der Waals surface area (Å²) < 4.78 is 3.19. The molecule has 6 heteroatoms. The maximum Gasteiger partial charge on any atom is 0.269 e. The standard InChI is InChI=1S/C14H22N4O2/c1-5-17-13(19)11(9(3)15-17)7-8-12-10(4)16-18(6-2)14(12)20/h15-16H,5-8H2,1-4H3. The molecule has 110 valence electrons. The molecule has 0 spiro atoms. The minimum absolute atomic E-state index is 0.0222. The molecular formula is C14H22N4O2. The van der Waals surface area contributed by atoms with Gasteiger partial charge < -0.3 is 0 Å². The topological polar surface area (TPSA) is 75.6 Å². The molecule has 20 heavy (non-hydrogen) atoms. The van der Waals surface area contributed by atoms with Gasteiger partial charge in [0.15, 0.2) is 0 Å². The number of rotatable bonds is 5. The van der Waals surface area contributed by atoms with Crippen LogP contribution in [0.25, 0.3) is 0 Å². The van der Waals surface area contributed by atoms with Gasteiger partial charge in [-0.2, -0.15) is 0 Å². The molecule has 0 unspecified atom stereocenters. The van der Waals surface area contributed by atoms with E-state index in [0.717, 1.165) is 22.5 Å². The number of hydrogen-bond donors (Lipinski definition) is 2. The van der Waals surface area contributed by atoms with Gasteiger partial charge in [0.25, 0.3) is 11.1 Å². The van der Waals surface area contributed by atoms with E-state index in [4.69, 9.17) is 0 Å². The summed E-state index contributed by atoms with van der Waals surface area (Å²) in [5.41, 5.74) is 3.37. The van der Waals surface area contributed by atoms with Crippen LogP contribution in [0, 0.1) is 13.8 Å². The van der Waals surface area contributed by atoms with Crippen molar-refractivity contribution < 1.29 is 0 Å². The monoisotopic (exact) mass is 278 g/mol. The van der Waals surface area contributed by atoms with Gasteiger partial charge in [-0.25, -0.2) is 0 Å². The van der Waals surface area contributed by atoms with Gasteiger partial charge in [0.1, 0.15) is 0 Å². The minimum Gasteiger partial charge on any atom is -0.300 e. The van der Waals surface area contributed by atoms with Crippen LogP contribution >= 0.6 is 0 Å². The van der Waals surface area contributed by atoms with E-state index in [1.165, 1.54) is 0 Å². The number of hydrogen-bond acceptors (Lipinski definition) is 2. The van der Waals surface area contributed by atoms with Gasteiger partial charge in [-0.3, -0.25) is 29.2 Å². The van der Waals surface area contributed by atoms with Crippen LogP contribution in [0.3, 0.4) is 0 Å². The largest absolute Gasteiger partial charge is 0.300 e. The summed E-state index contributed by atoms with van der Waals surface area (Å²) in [7, 11) is 0. The van der Waals surface area contributed by atoms with Crippen molar-refractivity contribution in [1.29, 1.82) is 0 Å². The van der Waals surface area contributed by atoms with E-state index in [-0.39, 0.29) is 11.1 Å². The number of aromatic nitrogens is 4. The van der Waals surface area contributed by atoms with Crippen molar-refractivity contribution in [3.8, 4) is 0 Å². The van der Waals surface area contributed by atoms with Crippen molar-refractivity contribution >= 4 is 0 Å². The van der Waals surface area contributed by atoms with E-state index in [9.17, 15) is 9.59 Å². The number of nitrogens with one attached hydrogen (secondary N) is 2. The quantitative estimate of drug-likeness (QED) is 0.859. The first-order valence-electron chi connectivity index (χ1n) is 7.06. The van der Waals surface area contributed by atoms with E-state index in [1.807, 2.05) is 27.7 Å². The van der Waals surface area contributed by atoms with Gasteiger partial charge >= 0.3 is 0 Å². The van der Waals surface area contributed by atoms with E-state index >= 15 is 0 Å². The van der Waals surface area contributed by atoms with Crippen LogP contribution in [0.2, 0.25) is 0 Å². The first-order valence-corrected chi connectivity index (χ1v) is 7.06. The second-order valence-electron chi connectivity index (χ2n) is 5.03. The first-order chi connectivity index (χ1) is 9.49. The molecule has 0 aliphatic carbocycles. The van der Waals surface area contributed by atoms with Crippen molar-refractivity contribution in [2.24, 2.45) is 0 Å². The highest BCUT2D eigenvalue weighted by atomic mass is 16.1. The highest BCUT2D eigenvalue weighted by Gasteiger charge is 2.14. The highest BCUT2D eigenvalue weighted by Crippen LogP contribution is 2.07. The summed E-state index contributed by atoms with van der Waals surface area (Å²) in [6.07, 6.45) is 1.18. The van der Waals surface area contributed by atoms with Crippen LogP contribution in [-0.4, -0.2) is 19.6 Å². The molecule has 0 saturated heterocycles. The lowest BCUT2D eigenvalue weighted by Gasteiger charge is -1.97. The van der Waals surface area contributed by atoms with E-state index in [1.54, 1.807) is 9.36 Å². The Kier molecular flexibility index (Phi) is 4.01. The van der Waals surface area contributed by atoms with Gasteiger partial charge in [-0.15, -0.1) is 0 Å². The number of aromatic amines is 2. The lowest BCUT2D eigenvalue weighted by atomic mass is 10.1. The lowest BCUT2D eigenvalue weighted by molar-refractivity contribution is 0.630. The molecule has 0 aromatic carbocycles. The van der Waals surface area contributed by atoms with Crippen molar-refractivity contribution in [3.05, 3.63) is 43.2 Å². The fourth-order valence-electron chi connectivity index (χ4n) is 2.57. The summed E-state index contributed by atoms with van der Waals surface area (Å²) in [6, 6.07) is 0. The lowest BCUT2D eigenvalue weighted by Crippen LogP contribution is -2.20. The Labute approximate surface area is 117 Å². The molecule has 0 aliphatic rings. The van der Waals surface area contributed by atoms with E-state index < -0.39 is 0 Å². The van der Waals surface area contributed by atoms with Crippen molar-refractivity contribution in [2.75, 3.05) is 0 Å². The molecule has 0 aliphatic heterocycles. The molecule has 2 aromatic heterocycles. The number of aryl methyl sites for hydroxylation is 4. The fraction of sp³-hybridized carbons (Fsp3) is 0.571. The van der Waals surface area contributed by atoms with Crippen molar-refractivity contribution in [2.45, 2.75) is 53.6 Å². The van der Waals surface area contributed by atoms with Gasteiger partial charge in [-0.05, 0) is 40.5 Å². The molecule has 0 fully saturated rings. The summed E-state index contributed by atoms with van der Waals surface area (Å²) in [5, 5.41) is 6.12. The third-order valence-electron chi connectivity index (χ3n) is 3.77. The van der Waals surface area contributed by atoms with Gasteiger partial charge in [-0.1, -0.05) is 0 Å². The Bertz CT molecular complexity index is 652. The van der Waals surface area contributed by atoms with Gasteiger partial charge in [0.05, 0.1) is 0 Å². The van der Waals surface area contributed by atoms with Crippen LogP contribution in [0.5, 0.6) is 0 Å². The average molecular weight is 278 g/mol. The zero-order valence-electron chi connectivity index (χ0n) is 12.5. The zero-order valence-corrected chi connectivity index (χ0v) is 12.5. The minimum atomic E-state index is 0.0222. The SMILES string of the molecule is CCn1[nH]c(C)c(CCc2c(C)[nH]n(CC)c2=O)c1=O. The summed E-state index contributed by atoms with van der Waals surface area (Å²) >= 11 is 0. The molecule has 0 bridgehead atoms. The van der Waals surface area contributed by atoms with Crippen LogP contribution in [0.1, 0.15) is 36.4 Å². The number of H-pyrrole nitrogens is 2. The van der Waals surface area contributed by atoms with Crippen LogP contribution in [0.15, 0.2) is 9.59 Å². The Balaban J connectivity index is 2.26. The Morgan fingerprint density at radius 2 is 1.15 bits per heavy atom. The normalized spacial score (nSPS) is 11.2. The molecule has 2 N–H and O–H groups in total. The van der Waals surface area contributed by atoms with Gasteiger partial charge in [0.2, 0.25) is 0 Å². The molecule has 2 heterocycles. The molecule has 0 atom stereocenters. The molecule has 6 nitrogen and oxygen atoms in total. The summed E-state index contributed by atoms with van der Waals surface area (Å²) in [4.78, 5) is 24.2. The Hall–Kier alpha value is -1.98. The van der Waals surface area contributed by atoms with Crippen molar-refractivity contribution in [3.63, 3.8) is 0 Å². The second-order valence-corrected chi connectivity index (χ2v) is 5.03. The van der Waals surface area contributed by atoms with Crippen LogP contribution in [-0.2, 0) is 25.9 Å². The van der Waals surface area contributed by atoms with E-state index in [2.05, 4.69) is 10.2 Å². The van der Waals surface area contributed by atoms with Gasteiger partial charge in [0, 0.05) is 35.6 Å². The first kappa shape index (κ1) is 14.4. The van der Waals surface area contributed by atoms with Crippen LogP contribution < -0.4 is 11.1 Å². The second kappa shape index (κ2) is 5.56. The molecule has 2 rings (SSSR count). The average Bonchev–Trinajstić information content (AvgIpc) is 2.86. The molecule has 0 saturated carbocycles. The van der Waals surface area contributed by atoms with Crippen LogP contribution in [0.4, 0.5) is 0 Å². The highest BCUT2D eigenvalue weighted by molar-refractivity contribution is 5.21.